The third-order valence-electron chi connectivity index (χ3n) is 5.65. The molecule has 4 rings (SSSR count). The molecule has 1 fully saturated rings. The highest BCUT2D eigenvalue weighted by Crippen LogP contribution is 2.46. The van der Waals surface area contributed by atoms with Gasteiger partial charge in [-0.15, -0.1) is 11.3 Å². The van der Waals surface area contributed by atoms with Crippen LogP contribution in [0.4, 0.5) is 5.69 Å². The summed E-state index contributed by atoms with van der Waals surface area (Å²) in [6.45, 7) is 3.83. The number of amides is 1. The molecule has 3 heterocycles. The number of thiophene rings is 1. The molecule has 2 aromatic rings. The lowest BCUT2D eigenvalue weighted by molar-refractivity contribution is -0.125. The first-order valence-electron chi connectivity index (χ1n) is 9.31. The Morgan fingerprint density at radius 3 is 2.88 bits per heavy atom. The average molecular weight is 370 g/mol. The van der Waals surface area contributed by atoms with Gasteiger partial charge in [-0.3, -0.25) is 9.69 Å². The van der Waals surface area contributed by atoms with Crippen molar-refractivity contribution in [3.05, 3.63) is 51.7 Å². The van der Waals surface area contributed by atoms with E-state index in [9.17, 15) is 4.79 Å². The summed E-state index contributed by atoms with van der Waals surface area (Å²) in [4.78, 5) is 21.1. The molecule has 0 unspecified atom stereocenters. The van der Waals surface area contributed by atoms with Crippen LogP contribution in [-0.2, 0) is 23.3 Å². The topological polar surface area (TPSA) is 26.8 Å². The number of piperidine rings is 1. The molecule has 26 heavy (non-hydrogen) atoms. The first kappa shape index (κ1) is 17.7. The molecule has 0 radical (unpaired) electrons. The van der Waals surface area contributed by atoms with Gasteiger partial charge in [0.2, 0.25) is 5.91 Å². The number of nitrogens with zero attached hydrogens (tertiary/aromatic N) is 3. The van der Waals surface area contributed by atoms with Crippen molar-refractivity contribution in [2.45, 2.75) is 31.3 Å². The number of likely N-dealkylation sites (N-methyl/N-ethyl adjacent to an activating group) is 1. The molecular formula is C21H27N3OS. The number of anilines is 1. The number of carbonyl (C=O) groups excluding carboxylic acids is 1. The van der Waals surface area contributed by atoms with Gasteiger partial charge in [0.1, 0.15) is 0 Å². The molecule has 1 aromatic heterocycles. The quantitative estimate of drug-likeness (QED) is 0.827. The summed E-state index contributed by atoms with van der Waals surface area (Å²) in [5.74, 6) is 0.267. The van der Waals surface area contributed by atoms with Crippen molar-refractivity contribution in [1.29, 1.82) is 0 Å². The number of fused-ring (bicyclic) bond motifs is 2. The average Bonchev–Trinajstić information content (AvgIpc) is 3.13. The van der Waals surface area contributed by atoms with Gasteiger partial charge < -0.3 is 9.80 Å². The van der Waals surface area contributed by atoms with E-state index in [1.807, 2.05) is 29.4 Å². The van der Waals surface area contributed by atoms with Crippen LogP contribution in [0.15, 0.2) is 35.7 Å². The van der Waals surface area contributed by atoms with E-state index < -0.39 is 0 Å². The van der Waals surface area contributed by atoms with Crippen molar-refractivity contribution in [2.75, 3.05) is 39.1 Å². The Bertz CT molecular complexity index is 815. The highest BCUT2D eigenvalue weighted by atomic mass is 32.1. The van der Waals surface area contributed by atoms with Crippen molar-refractivity contribution in [3.63, 3.8) is 0 Å². The second-order valence-corrected chi connectivity index (χ2v) is 8.93. The monoisotopic (exact) mass is 369 g/mol. The van der Waals surface area contributed by atoms with Crippen molar-refractivity contribution in [1.82, 2.24) is 9.80 Å². The first-order chi connectivity index (χ1) is 12.5. The van der Waals surface area contributed by atoms with Crippen molar-refractivity contribution in [2.24, 2.45) is 0 Å². The Kier molecular flexibility index (Phi) is 4.63. The molecular weight excluding hydrogens is 342 g/mol. The molecule has 1 amide bonds. The highest BCUT2D eigenvalue weighted by molar-refractivity contribution is 7.10. The van der Waals surface area contributed by atoms with E-state index in [1.54, 1.807) is 0 Å². The van der Waals surface area contributed by atoms with E-state index in [0.717, 1.165) is 44.7 Å². The predicted molar refractivity (Wildman–Crippen MR) is 108 cm³/mol. The van der Waals surface area contributed by atoms with Crippen LogP contribution in [0.5, 0.6) is 0 Å². The molecule has 5 heteroatoms. The molecule has 2 aliphatic rings. The van der Waals surface area contributed by atoms with Crippen LogP contribution >= 0.6 is 11.3 Å². The molecule has 0 bridgehead atoms. The van der Waals surface area contributed by atoms with Gasteiger partial charge in [-0.05, 0) is 62.1 Å². The summed E-state index contributed by atoms with van der Waals surface area (Å²) in [6, 6.07) is 10.6. The summed E-state index contributed by atoms with van der Waals surface area (Å²) in [6.07, 6.45) is 2.03. The van der Waals surface area contributed by atoms with E-state index in [2.05, 4.69) is 53.5 Å². The van der Waals surface area contributed by atoms with E-state index in [-0.39, 0.29) is 11.3 Å². The smallest absolute Gasteiger partial charge is 0.238 e. The number of hydrogen-bond donors (Lipinski definition) is 0. The number of carbonyl (C=O) groups is 1. The van der Waals surface area contributed by atoms with Gasteiger partial charge in [-0.1, -0.05) is 18.2 Å². The molecule has 138 valence electrons. The third kappa shape index (κ3) is 2.98. The molecule has 0 N–H and O–H groups in total. The van der Waals surface area contributed by atoms with Crippen LogP contribution in [-0.4, -0.2) is 49.9 Å². The third-order valence-corrected chi connectivity index (χ3v) is 6.62. The number of likely N-dealkylation sites (tertiary alicyclic amines) is 1. The summed E-state index contributed by atoms with van der Waals surface area (Å²) < 4.78 is 0. The fourth-order valence-electron chi connectivity index (χ4n) is 4.57. The maximum Gasteiger partial charge on any atom is 0.238 e. The van der Waals surface area contributed by atoms with Gasteiger partial charge in [0.05, 0.1) is 5.41 Å². The van der Waals surface area contributed by atoms with Crippen LogP contribution in [0.1, 0.15) is 28.8 Å². The molecule has 1 spiro atoms. The lowest BCUT2D eigenvalue weighted by Gasteiger charge is -2.39. The standard InChI is InChI=1S/C21H27N3OS/c1-22(2)12-16-11-17(26-14-16)13-24-10-6-9-21(15-24)18-7-4-5-8-19(18)23(3)20(21)25/h4-5,7-8,11,14H,6,9-10,12-13,15H2,1-3H3/t21-/m0/s1. The van der Waals surface area contributed by atoms with E-state index >= 15 is 0 Å². The minimum absolute atomic E-state index is 0.267. The Labute approximate surface area is 160 Å². The Hall–Kier alpha value is -1.69. The molecule has 4 nitrogen and oxygen atoms in total. The summed E-state index contributed by atoms with van der Waals surface area (Å²) in [5.41, 5.74) is 3.33. The zero-order valence-electron chi connectivity index (χ0n) is 15.9. The van der Waals surface area contributed by atoms with Gasteiger partial charge in [-0.2, -0.15) is 0 Å². The Morgan fingerprint density at radius 2 is 2.08 bits per heavy atom. The lowest BCUT2D eigenvalue weighted by Crippen LogP contribution is -2.51. The molecule has 0 saturated carbocycles. The minimum atomic E-state index is -0.354. The van der Waals surface area contributed by atoms with Gasteiger partial charge in [0, 0.05) is 37.2 Å². The largest absolute Gasteiger partial charge is 0.314 e. The van der Waals surface area contributed by atoms with E-state index in [0.29, 0.717) is 0 Å². The summed E-state index contributed by atoms with van der Waals surface area (Å²) in [5, 5.41) is 2.26. The van der Waals surface area contributed by atoms with E-state index in [4.69, 9.17) is 0 Å². The zero-order chi connectivity index (χ0) is 18.3. The Morgan fingerprint density at radius 1 is 1.27 bits per heavy atom. The second-order valence-electron chi connectivity index (χ2n) is 7.94. The molecule has 1 aromatic carbocycles. The molecule has 1 atom stereocenters. The number of benzene rings is 1. The maximum absolute atomic E-state index is 13.2. The van der Waals surface area contributed by atoms with Gasteiger partial charge in [-0.25, -0.2) is 0 Å². The fourth-order valence-corrected chi connectivity index (χ4v) is 5.49. The lowest BCUT2D eigenvalue weighted by atomic mass is 9.75. The molecule has 2 aliphatic heterocycles. The van der Waals surface area contributed by atoms with Crippen LogP contribution in [0.3, 0.4) is 0 Å². The van der Waals surface area contributed by atoms with E-state index in [1.165, 1.54) is 16.0 Å². The number of hydrogen-bond acceptors (Lipinski definition) is 4. The van der Waals surface area contributed by atoms with Crippen molar-refractivity contribution >= 4 is 22.9 Å². The van der Waals surface area contributed by atoms with Crippen LogP contribution in [0.25, 0.3) is 0 Å². The normalized spacial score (nSPS) is 23.2. The van der Waals surface area contributed by atoms with Crippen LogP contribution < -0.4 is 4.90 Å². The first-order valence-corrected chi connectivity index (χ1v) is 10.2. The minimum Gasteiger partial charge on any atom is -0.314 e. The van der Waals surface area contributed by atoms with Gasteiger partial charge >= 0.3 is 0 Å². The fraction of sp³-hybridized carbons (Fsp3) is 0.476. The number of rotatable bonds is 4. The summed E-state index contributed by atoms with van der Waals surface area (Å²) >= 11 is 1.84. The summed E-state index contributed by atoms with van der Waals surface area (Å²) in [7, 11) is 6.12. The highest BCUT2D eigenvalue weighted by Gasteiger charge is 2.51. The molecule has 1 saturated heterocycles. The molecule has 0 aliphatic carbocycles. The van der Waals surface area contributed by atoms with Crippen molar-refractivity contribution < 1.29 is 4.79 Å². The second kappa shape index (κ2) is 6.80. The van der Waals surface area contributed by atoms with Crippen LogP contribution in [0, 0.1) is 0 Å². The predicted octanol–water partition coefficient (Wildman–Crippen LogP) is 3.32. The van der Waals surface area contributed by atoms with Gasteiger partial charge in [0.25, 0.3) is 0 Å². The Balaban J connectivity index is 1.55. The number of para-hydroxylation sites is 1. The SMILES string of the molecule is CN(C)Cc1csc(CN2CCC[C@@]3(C2)C(=O)N(C)c2ccccc23)c1. The maximum atomic E-state index is 13.2. The van der Waals surface area contributed by atoms with Gasteiger partial charge in [0.15, 0.2) is 0 Å². The zero-order valence-corrected chi connectivity index (χ0v) is 16.7. The van der Waals surface area contributed by atoms with Crippen LogP contribution in [0.2, 0.25) is 0 Å². The van der Waals surface area contributed by atoms with Crippen molar-refractivity contribution in [3.8, 4) is 0 Å².